The molecule has 3 aromatic rings. The third-order valence-electron chi connectivity index (χ3n) is 4.01. The van der Waals surface area contributed by atoms with Crippen molar-refractivity contribution >= 4 is 17.0 Å². The maximum Gasteiger partial charge on any atom is 0.142 e. The summed E-state index contributed by atoms with van der Waals surface area (Å²) < 4.78 is 7.85. The molecule has 0 aliphatic rings. The maximum absolute atomic E-state index is 10.2. The molecule has 1 N–H and O–H groups in total. The van der Waals surface area contributed by atoms with Crippen LogP contribution in [0.15, 0.2) is 61.2 Å². The van der Waals surface area contributed by atoms with E-state index in [2.05, 4.69) is 12.5 Å². The molecule has 0 aliphatic heterocycles. The van der Waals surface area contributed by atoms with Gasteiger partial charge in [-0.3, -0.25) is 0 Å². The van der Waals surface area contributed by atoms with Crippen LogP contribution in [0.25, 0.3) is 17.0 Å². The van der Waals surface area contributed by atoms with Crippen molar-refractivity contribution in [2.75, 3.05) is 0 Å². The summed E-state index contributed by atoms with van der Waals surface area (Å²) in [6, 6.07) is 17.8. The van der Waals surface area contributed by atoms with Crippen LogP contribution in [-0.2, 0) is 18.1 Å². The number of hydrogen-bond acceptors (Lipinski definition) is 2. The number of nitrogens with zero attached hydrogens (tertiary/aromatic N) is 1. The minimum atomic E-state index is -0.974. The smallest absolute Gasteiger partial charge is 0.142 e. The fourth-order valence-corrected chi connectivity index (χ4v) is 2.91. The molecule has 0 radical (unpaired) electrons. The average molecular weight is 317 g/mol. The molecule has 0 saturated heterocycles. The second-order valence-electron chi connectivity index (χ2n) is 5.48. The monoisotopic (exact) mass is 317 g/mol. The van der Waals surface area contributed by atoms with Crippen molar-refractivity contribution in [3.63, 3.8) is 0 Å². The predicted octanol–water partition coefficient (Wildman–Crippen LogP) is 4.13. The SMILES string of the molecule is C#CC(O)c1c(C=C)n(COCc2ccccc2)c2ccccc12. The molecule has 0 saturated carbocycles. The van der Waals surface area contributed by atoms with Gasteiger partial charge in [0.25, 0.3) is 0 Å². The van der Waals surface area contributed by atoms with E-state index in [1.165, 1.54) is 0 Å². The van der Waals surface area contributed by atoms with Crippen LogP contribution in [0, 0.1) is 12.3 Å². The van der Waals surface area contributed by atoms with Gasteiger partial charge in [-0.05, 0) is 17.7 Å². The highest BCUT2D eigenvalue weighted by atomic mass is 16.5. The van der Waals surface area contributed by atoms with Gasteiger partial charge in [0.1, 0.15) is 12.8 Å². The molecule has 3 nitrogen and oxygen atoms in total. The number of aromatic nitrogens is 1. The molecule has 24 heavy (non-hydrogen) atoms. The summed E-state index contributed by atoms with van der Waals surface area (Å²) in [6.07, 6.45) is 6.17. The quantitative estimate of drug-likeness (QED) is 0.694. The Morgan fingerprint density at radius 3 is 2.58 bits per heavy atom. The number of hydrogen-bond donors (Lipinski definition) is 1. The number of benzene rings is 2. The summed E-state index contributed by atoms with van der Waals surface area (Å²) in [6.45, 7) is 4.74. The molecule has 1 aromatic heterocycles. The number of rotatable bonds is 6. The lowest BCUT2D eigenvalue weighted by molar-refractivity contribution is 0.0662. The number of aliphatic hydroxyl groups excluding tert-OH is 1. The van der Waals surface area contributed by atoms with Gasteiger partial charge in [-0.2, -0.15) is 0 Å². The molecule has 3 rings (SSSR count). The van der Waals surface area contributed by atoms with Gasteiger partial charge < -0.3 is 14.4 Å². The van der Waals surface area contributed by atoms with Gasteiger partial charge in [0.2, 0.25) is 0 Å². The van der Waals surface area contributed by atoms with E-state index in [1.807, 2.05) is 59.2 Å². The minimum absolute atomic E-state index is 0.355. The van der Waals surface area contributed by atoms with Crippen molar-refractivity contribution in [3.05, 3.63) is 78.0 Å². The molecule has 2 aromatic carbocycles. The Balaban J connectivity index is 1.95. The van der Waals surface area contributed by atoms with Crippen molar-refractivity contribution in [1.29, 1.82) is 0 Å². The first kappa shape index (κ1) is 16.1. The Morgan fingerprint density at radius 2 is 1.88 bits per heavy atom. The zero-order chi connectivity index (χ0) is 16.9. The highest BCUT2D eigenvalue weighted by Gasteiger charge is 2.19. The van der Waals surface area contributed by atoms with Crippen LogP contribution < -0.4 is 0 Å². The number of ether oxygens (including phenoxy) is 1. The first-order valence-electron chi connectivity index (χ1n) is 7.75. The normalized spacial score (nSPS) is 12.0. The van der Waals surface area contributed by atoms with Crippen LogP contribution in [0.5, 0.6) is 0 Å². The second-order valence-corrected chi connectivity index (χ2v) is 5.48. The molecule has 1 unspecified atom stereocenters. The Hall–Kier alpha value is -2.80. The van der Waals surface area contributed by atoms with Crippen LogP contribution in [0.1, 0.15) is 22.9 Å². The van der Waals surface area contributed by atoms with E-state index in [0.717, 1.165) is 22.2 Å². The largest absolute Gasteiger partial charge is 0.376 e. The number of aliphatic hydroxyl groups is 1. The molecular formula is C21H19NO2. The first-order chi connectivity index (χ1) is 11.8. The van der Waals surface area contributed by atoms with E-state index < -0.39 is 6.10 Å². The lowest BCUT2D eigenvalue weighted by atomic mass is 10.1. The summed E-state index contributed by atoms with van der Waals surface area (Å²) in [5, 5.41) is 11.1. The van der Waals surface area contributed by atoms with Crippen LogP contribution >= 0.6 is 0 Å². The summed E-state index contributed by atoms with van der Waals surface area (Å²) in [5.74, 6) is 2.40. The Morgan fingerprint density at radius 1 is 1.17 bits per heavy atom. The van der Waals surface area contributed by atoms with Crippen molar-refractivity contribution in [2.45, 2.75) is 19.4 Å². The lowest BCUT2D eigenvalue weighted by Crippen LogP contribution is -2.06. The van der Waals surface area contributed by atoms with E-state index >= 15 is 0 Å². The van der Waals surface area contributed by atoms with E-state index in [-0.39, 0.29) is 0 Å². The topological polar surface area (TPSA) is 34.4 Å². The van der Waals surface area contributed by atoms with Crippen LogP contribution in [0.3, 0.4) is 0 Å². The molecule has 120 valence electrons. The Bertz CT molecular complexity index is 887. The molecule has 0 amide bonds. The van der Waals surface area contributed by atoms with Gasteiger partial charge in [-0.25, -0.2) is 0 Å². The third-order valence-corrected chi connectivity index (χ3v) is 4.01. The molecule has 0 bridgehead atoms. The molecule has 1 atom stereocenters. The Kier molecular flexibility index (Phi) is 4.81. The van der Waals surface area contributed by atoms with Crippen LogP contribution in [0.2, 0.25) is 0 Å². The van der Waals surface area contributed by atoms with Gasteiger partial charge in [0.05, 0.1) is 17.8 Å². The molecule has 3 heteroatoms. The molecular weight excluding hydrogens is 298 g/mol. The molecule has 0 fully saturated rings. The number of terminal acetylenes is 1. The van der Waals surface area contributed by atoms with Crippen LogP contribution in [0.4, 0.5) is 0 Å². The van der Waals surface area contributed by atoms with Crippen molar-refractivity contribution in [1.82, 2.24) is 4.57 Å². The van der Waals surface area contributed by atoms with E-state index in [9.17, 15) is 5.11 Å². The average Bonchev–Trinajstić information content (AvgIpc) is 2.96. The van der Waals surface area contributed by atoms with Gasteiger partial charge in [-0.15, -0.1) is 6.42 Å². The first-order valence-corrected chi connectivity index (χ1v) is 7.75. The molecule has 0 spiro atoms. The van der Waals surface area contributed by atoms with Crippen molar-refractivity contribution < 1.29 is 9.84 Å². The second kappa shape index (κ2) is 7.18. The highest BCUT2D eigenvalue weighted by Crippen LogP contribution is 2.31. The van der Waals surface area contributed by atoms with E-state index in [0.29, 0.717) is 18.9 Å². The minimum Gasteiger partial charge on any atom is -0.376 e. The predicted molar refractivity (Wildman–Crippen MR) is 97.1 cm³/mol. The van der Waals surface area contributed by atoms with Gasteiger partial charge >= 0.3 is 0 Å². The molecule has 1 heterocycles. The Labute approximate surface area is 141 Å². The van der Waals surface area contributed by atoms with Crippen molar-refractivity contribution in [3.8, 4) is 12.3 Å². The highest BCUT2D eigenvalue weighted by molar-refractivity contribution is 5.88. The summed E-state index contributed by atoms with van der Waals surface area (Å²) in [4.78, 5) is 0. The molecule has 0 aliphatic carbocycles. The van der Waals surface area contributed by atoms with Gasteiger partial charge in [0, 0.05) is 10.9 Å². The summed E-state index contributed by atoms with van der Waals surface area (Å²) in [5.41, 5.74) is 3.56. The summed E-state index contributed by atoms with van der Waals surface area (Å²) in [7, 11) is 0. The fraction of sp³-hybridized carbons (Fsp3) is 0.143. The lowest BCUT2D eigenvalue weighted by Gasteiger charge is -2.11. The number of para-hydroxylation sites is 1. The zero-order valence-corrected chi connectivity index (χ0v) is 13.4. The third kappa shape index (κ3) is 2.98. The fourth-order valence-electron chi connectivity index (χ4n) is 2.91. The van der Waals surface area contributed by atoms with Crippen molar-refractivity contribution in [2.24, 2.45) is 0 Å². The standard InChI is InChI=1S/C21H19NO2/c1-3-18-21(20(23)4-2)17-12-8-9-13-19(17)22(18)15-24-14-16-10-6-5-7-11-16/h2-3,5-13,20,23H,1,14-15H2. The van der Waals surface area contributed by atoms with Gasteiger partial charge in [0.15, 0.2) is 0 Å². The van der Waals surface area contributed by atoms with Crippen LogP contribution in [-0.4, -0.2) is 9.67 Å². The van der Waals surface area contributed by atoms with E-state index in [4.69, 9.17) is 11.2 Å². The maximum atomic E-state index is 10.2. The number of fused-ring (bicyclic) bond motifs is 1. The van der Waals surface area contributed by atoms with E-state index in [1.54, 1.807) is 6.08 Å². The summed E-state index contributed by atoms with van der Waals surface area (Å²) >= 11 is 0. The zero-order valence-electron chi connectivity index (χ0n) is 13.4. The van der Waals surface area contributed by atoms with Gasteiger partial charge in [-0.1, -0.05) is 61.0 Å².